The number of rotatable bonds is 1. The van der Waals surface area contributed by atoms with Crippen molar-refractivity contribution in [3.05, 3.63) is 46.7 Å². The first-order valence-corrected chi connectivity index (χ1v) is 4.30. The van der Waals surface area contributed by atoms with Gasteiger partial charge in [-0.05, 0) is 23.4 Å². The second-order valence-corrected chi connectivity index (χ2v) is 3.17. The Hall–Kier alpha value is -1.83. The van der Waals surface area contributed by atoms with Crippen LogP contribution in [0.2, 0.25) is 0 Å². The predicted octanol–water partition coefficient (Wildman–Crippen LogP) is 1.64. The average molecular weight is 187 g/mol. The van der Waals surface area contributed by atoms with Crippen LogP contribution in [-0.4, -0.2) is 4.98 Å². The van der Waals surface area contributed by atoms with Crippen LogP contribution in [0.1, 0.15) is 0 Å². The lowest BCUT2D eigenvalue weighted by atomic mass is 10.1. The van der Waals surface area contributed by atoms with Gasteiger partial charge in [-0.3, -0.25) is 0 Å². The molecule has 0 spiro atoms. The molecule has 0 aliphatic carbocycles. The van der Waals surface area contributed by atoms with Crippen molar-refractivity contribution in [3.8, 4) is 11.3 Å². The average Bonchev–Trinajstić information content (AvgIpc) is 2.48. The van der Waals surface area contributed by atoms with Gasteiger partial charge in [-0.25, -0.2) is 4.39 Å². The van der Waals surface area contributed by atoms with E-state index in [0.29, 0.717) is 5.56 Å². The summed E-state index contributed by atoms with van der Waals surface area (Å²) in [5, 5.41) is 1.52. The first-order valence-electron chi connectivity index (χ1n) is 4.30. The summed E-state index contributed by atoms with van der Waals surface area (Å²) in [7, 11) is 0. The number of aromatic amines is 1. The summed E-state index contributed by atoms with van der Waals surface area (Å²) in [6, 6.07) is 8.41. The quantitative estimate of drug-likeness (QED) is 0.698. The molecule has 1 nitrogen and oxygen atoms in total. The van der Waals surface area contributed by atoms with Gasteiger partial charge in [0, 0.05) is 16.6 Å². The van der Waals surface area contributed by atoms with E-state index in [9.17, 15) is 4.39 Å². The largest absolute Gasteiger partial charge is 0.355 e. The molecule has 0 bridgehead atoms. The van der Waals surface area contributed by atoms with E-state index in [1.54, 1.807) is 24.3 Å². The highest BCUT2D eigenvalue weighted by Gasteiger charge is 2.04. The van der Waals surface area contributed by atoms with E-state index in [4.69, 9.17) is 0 Å². The molecule has 0 aliphatic heterocycles. The highest BCUT2D eigenvalue weighted by atomic mass is 19.1. The van der Waals surface area contributed by atoms with Crippen LogP contribution in [0.15, 0.2) is 30.3 Å². The van der Waals surface area contributed by atoms with Gasteiger partial charge in [-0.15, -0.1) is 0 Å². The Balaban J connectivity index is 2.66. The summed E-state index contributed by atoms with van der Waals surface area (Å²) in [6.07, 6.45) is 0. The fourth-order valence-electron chi connectivity index (χ4n) is 1.36. The zero-order valence-electron chi connectivity index (χ0n) is 7.68. The number of nitrogens with one attached hydrogen (secondary N) is 1. The van der Waals surface area contributed by atoms with E-state index >= 15 is 0 Å². The molecule has 0 amide bonds. The Morgan fingerprint density at radius 1 is 1.14 bits per heavy atom. The number of hydrogen-bond donors (Lipinski definition) is 1. The standard InChI is InChI=1S/C12H10FN/c1-8-7-12(14-9(8)2)10-5-3-4-6-11(10)13/h3-7,14H,1-2H2. The molecular weight excluding hydrogens is 177 g/mol. The third kappa shape index (κ3) is 1.35. The van der Waals surface area contributed by atoms with Gasteiger partial charge < -0.3 is 4.98 Å². The fraction of sp³-hybridized carbons (Fsp3) is 0. The molecule has 1 N–H and O–H groups in total. The second-order valence-electron chi connectivity index (χ2n) is 3.17. The van der Waals surface area contributed by atoms with E-state index in [0.717, 1.165) is 16.3 Å². The maximum Gasteiger partial charge on any atom is 0.132 e. The SMILES string of the molecule is C=c1cc(-c2ccccc2F)[nH]c1=C. The van der Waals surface area contributed by atoms with Crippen LogP contribution in [0.3, 0.4) is 0 Å². The first kappa shape index (κ1) is 8.75. The molecule has 2 heteroatoms. The van der Waals surface area contributed by atoms with E-state index in [1.807, 2.05) is 0 Å². The van der Waals surface area contributed by atoms with Crippen LogP contribution in [0.4, 0.5) is 4.39 Å². The van der Waals surface area contributed by atoms with Crippen LogP contribution in [0.5, 0.6) is 0 Å². The van der Waals surface area contributed by atoms with Crippen molar-refractivity contribution in [2.75, 3.05) is 0 Å². The van der Waals surface area contributed by atoms with Gasteiger partial charge in [0.05, 0.1) is 0 Å². The van der Waals surface area contributed by atoms with Gasteiger partial charge >= 0.3 is 0 Å². The molecule has 1 aromatic heterocycles. The third-order valence-electron chi connectivity index (χ3n) is 2.16. The number of halogens is 1. The van der Waals surface area contributed by atoms with Gasteiger partial charge in [0.1, 0.15) is 5.82 Å². The highest BCUT2D eigenvalue weighted by Crippen LogP contribution is 2.17. The summed E-state index contributed by atoms with van der Waals surface area (Å²) in [4.78, 5) is 2.99. The maximum atomic E-state index is 13.4. The Kier molecular flexibility index (Phi) is 1.97. The van der Waals surface area contributed by atoms with Crippen molar-refractivity contribution in [2.24, 2.45) is 0 Å². The van der Waals surface area contributed by atoms with Crippen molar-refractivity contribution < 1.29 is 4.39 Å². The van der Waals surface area contributed by atoms with Crippen LogP contribution in [-0.2, 0) is 0 Å². The molecule has 0 atom stereocenters. The lowest BCUT2D eigenvalue weighted by molar-refractivity contribution is 0.631. The van der Waals surface area contributed by atoms with E-state index < -0.39 is 0 Å². The summed E-state index contributed by atoms with van der Waals surface area (Å²) >= 11 is 0. The fourth-order valence-corrected chi connectivity index (χ4v) is 1.36. The van der Waals surface area contributed by atoms with Gasteiger partial charge in [-0.2, -0.15) is 0 Å². The number of hydrogen-bond acceptors (Lipinski definition) is 0. The lowest BCUT2D eigenvalue weighted by Crippen LogP contribution is -2.17. The maximum absolute atomic E-state index is 13.4. The number of H-pyrrole nitrogens is 1. The number of benzene rings is 1. The molecule has 1 heterocycles. The van der Waals surface area contributed by atoms with E-state index in [-0.39, 0.29) is 5.82 Å². The normalized spacial score (nSPS) is 10.4. The Labute approximate surface area is 81.2 Å². The van der Waals surface area contributed by atoms with Gasteiger partial charge in [-0.1, -0.05) is 25.3 Å². The minimum Gasteiger partial charge on any atom is -0.355 e. The zero-order valence-corrected chi connectivity index (χ0v) is 7.68. The molecule has 0 fully saturated rings. The Morgan fingerprint density at radius 2 is 1.86 bits per heavy atom. The van der Waals surface area contributed by atoms with Crippen molar-refractivity contribution in [1.29, 1.82) is 0 Å². The van der Waals surface area contributed by atoms with Gasteiger partial charge in [0.2, 0.25) is 0 Å². The highest BCUT2D eigenvalue weighted by molar-refractivity contribution is 5.60. The molecule has 14 heavy (non-hydrogen) atoms. The molecule has 0 radical (unpaired) electrons. The molecule has 0 saturated heterocycles. The summed E-state index contributed by atoms with van der Waals surface area (Å²) in [5.74, 6) is -0.242. The minimum atomic E-state index is -0.242. The van der Waals surface area contributed by atoms with E-state index in [2.05, 4.69) is 18.1 Å². The molecule has 0 aliphatic rings. The summed E-state index contributed by atoms with van der Waals surface area (Å²) < 4.78 is 13.4. The van der Waals surface area contributed by atoms with E-state index in [1.165, 1.54) is 6.07 Å². The van der Waals surface area contributed by atoms with Crippen molar-refractivity contribution >= 4 is 13.2 Å². The van der Waals surface area contributed by atoms with Crippen LogP contribution in [0.25, 0.3) is 24.4 Å². The van der Waals surface area contributed by atoms with Crippen LogP contribution in [0, 0.1) is 5.82 Å². The third-order valence-corrected chi connectivity index (χ3v) is 2.16. The molecule has 2 rings (SSSR count). The molecule has 0 saturated carbocycles. The first-order chi connectivity index (χ1) is 6.68. The summed E-state index contributed by atoms with van der Waals surface area (Å²) in [5.41, 5.74) is 1.27. The predicted molar refractivity (Wildman–Crippen MR) is 56.5 cm³/mol. The Morgan fingerprint density at radius 3 is 2.43 bits per heavy atom. The number of aromatic nitrogens is 1. The lowest BCUT2D eigenvalue weighted by Gasteiger charge is -1.98. The smallest absolute Gasteiger partial charge is 0.132 e. The van der Waals surface area contributed by atoms with Gasteiger partial charge in [0.25, 0.3) is 0 Å². The molecule has 1 aromatic carbocycles. The topological polar surface area (TPSA) is 15.8 Å². The molecule has 2 aromatic rings. The van der Waals surface area contributed by atoms with Crippen molar-refractivity contribution in [2.45, 2.75) is 0 Å². The van der Waals surface area contributed by atoms with Crippen LogP contribution >= 0.6 is 0 Å². The van der Waals surface area contributed by atoms with Crippen molar-refractivity contribution in [3.63, 3.8) is 0 Å². The Bertz CT molecular complexity index is 526. The van der Waals surface area contributed by atoms with Crippen LogP contribution < -0.4 is 10.6 Å². The second kappa shape index (κ2) is 3.14. The molecular formula is C12H10FN. The zero-order chi connectivity index (χ0) is 10.1. The van der Waals surface area contributed by atoms with Gasteiger partial charge in [0.15, 0.2) is 0 Å². The summed E-state index contributed by atoms with van der Waals surface area (Å²) in [6.45, 7) is 7.54. The monoisotopic (exact) mass is 187 g/mol. The molecule has 70 valence electrons. The minimum absolute atomic E-state index is 0.242. The molecule has 0 unspecified atom stereocenters. The van der Waals surface area contributed by atoms with Crippen molar-refractivity contribution in [1.82, 2.24) is 4.98 Å².